The molecule has 3 aromatic heterocycles. The summed E-state index contributed by atoms with van der Waals surface area (Å²) in [5.41, 5.74) is 1.72. The van der Waals surface area contributed by atoms with E-state index < -0.39 is 0 Å². The van der Waals surface area contributed by atoms with Crippen LogP contribution in [-0.2, 0) is 6.54 Å². The Morgan fingerprint density at radius 2 is 1.96 bits per heavy atom. The second kappa shape index (κ2) is 6.65. The van der Waals surface area contributed by atoms with Crippen LogP contribution in [0.25, 0.3) is 32.3 Å². The van der Waals surface area contributed by atoms with Gasteiger partial charge in [0.1, 0.15) is 16.4 Å². The molecular weight excluding hydrogens is 370 g/mol. The van der Waals surface area contributed by atoms with E-state index in [1.807, 2.05) is 36.7 Å². The van der Waals surface area contributed by atoms with Crippen LogP contribution in [0.3, 0.4) is 0 Å². The van der Waals surface area contributed by atoms with Crippen molar-refractivity contribution in [3.63, 3.8) is 0 Å². The Labute approximate surface area is 164 Å². The van der Waals surface area contributed by atoms with Crippen molar-refractivity contribution in [1.29, 1.82) is 0 Å². The molecule has 0 radical (unpaired) electrons. The summed E-state index contributed by atoms with van der Waals surface area (Å²) < 4.78 is 5.45. The van der Waals surface area contributed by atoms with Gasteiger partial charge in [-0.05, 0) is 35.0 Å². The fraction of sp³-hybridized carbons (Fsp3) is 0.0909. The van der Waals surface area contributed by atoms with Crippen LogP contribution in [0.2, 0.25) is 0 Å². The second-order valence-electron chi connectivity index (χ2n) is 6.71. The van der Waals surface area contributed by atoms with Gasteiger partial charge < -0.3 is 14.3 Å². The van der Waals surface area contributed by atoms with Crippen molar-refractivity contribution in [2.45, 2.75) is 6.54 Å². The highest BCUT2D eigenvalue weighted by molar-refractivity contribution is 7.17. The van der Waals surface area contributed by atoms with Gasteiger partial charge in [-0.1, -0.05) is 30.3 Å². The highest BCUT2D eigenvalue weighted by Crippen LogP contribution is 2.31. The van der Waals surface area contributed by atoms with Gasteiger partial charge >= 0.3 is 0 Å². The number of aromatic amines is 1. The van der Waals surface area contributed by atoms with E-state index in [0.717, 1.165) is 16.1 Å². The largest absolute Gasteiger partial charge is 0.464 e. The van der Waals surface area contributed by atoms with E-state index in [-0.39, 0.29) is 5.56 Å². The fourth-order valence-corrected chi connectivity index (χ4v) is 4.36. The normalized spacial score (nSPS) is 11.3. The molecule has 0 amide bonds. The molecule has 0 saturated heterocycles. The van der Waals surface area contributed by atoms with Crippen molar-refractivity contribution < 1.29 is 4.42 Å². The molecular formula is C22H17N3O2S. The Hall–Kier alpha value is -3.38. The fourth-order valence-electron chi connectivity index (χ4n) is 3.41. The van der Waals surface area contributed by atoms with E-state index in [9.17, 15) is 4.79 Å². The molecule has 5 nitrogen and oxygen atoms in total. The predicted molar refractivity (Wildman–Crippen MR) is 114 cm³/mol. The summed E-state index contributed by atoms with van der Waals surface area (Å²) >= 11 is 1.46. The van der Waals surface area contributed by atoms with Gasteiger partial charge in [0.25, 0.3) is 5.56 Å². The number of fused-ring (bicyclic) bond motifs is 2. The van der Waals surface area contributed by atoms with Crippen LogP contribution in [0, 0.1) is 0 Å². The number of H-pyrrole nitrogens is 1. The topological polar surface area (TPSA) is 62.1 Å². The Morgan fingerprint density at radius 3 is 2.79 bits per heavy atom. The Morgan fingerprint density at radius 1 is 1.11 bits per heavy atom. The minimum atomic E-state index is -0.139. The summed E-state index contributed by atoms with van der Waals surface area (Å²) in [4.78, 5) is 23.1. The van der Waals surface area contributed by atoms with E-state index in [0.29, 0.717) is 23.5 Å². The van der Waals surface area contributed by atoms with E-state index in [4.69, 9.17) is 4.42 Å². The Kier molecular flexibility index (Phi) is 3.98. The third kappa shape index (κ3) is 2.88. The number of nitrogens with zero attached hydrogens (tertiary/aromatic N) is 2. The Bertz CT molecular complexity index is 1340. The van der Waals surface area contributed by atoms with E-state index in [1.165, 1.54) is 22.1 Å². The first-order valence-electron chi connectivity index (χ1n) is 8.93. The summed E-state index contributed by atoms with van der Waals surface area (Å²) in [5, 5.41) is 4.89. The lowest BCUT2D eigenvalue weighted by Crippen LogP contribution is -2.21. The third-order valence-electron chi connectivity index (χ3n) is 4.84. The van der Waals surface area contributed by atoms with Gasteiger partial charge in [0.05, 0.1) is 18.2 Å². The smallest absolute Gasteiger partial charge is 0.260 e. The van der Waals surface area contributed by atoms with Crippen molar-refractivity contribution in [3.05, 3.63) is 82.4 Å². The lowest BCUT2D eigenvalue weighted by molar-refractivity contribution is 0.583. The maximum Gasteiger partial charge on any atom is 0.260 e. The number of benzene rings is 2. The molecule has 3 heterocycles. The van der Waals surface area contributed by atoms with Crippen LogP contribution >= 0.6 is 11.3 Å². The molecule has 0 fully saturated rings. The summed E-state index contributed by atoms with van der Waals surface area (Å²) in [6, 6.07) is 18.3. The van der Waals surface area contributed by atoms with Crippen LogP contribution < -0.4 is 10.5 Å². The molecule has 0 bridgehead atoms. The first-order valence-corrected chi connectivity index (χ1v) is 9.81. The molecule has 0 unspecified atom stereocenters. The van der Waals surface area contributed by atoms with Gasteiger partial charge in [-0.25, -0.2) is 4.98 Å². The zero-order valence-corrected chi connectivity index (χ0v) is 16.0. The van der Waals surface area contributed by atoms with Crippen molar-refractivity contribution in [2.24, 2.45) is 0 Å². The van der Waals surface area contributed by atoms with Crippen LogP contribution in [-0.4, -0.2) is 17.0 Å². The van der Waals surface area contributed by atoms with Crippen LogP contribution in [0.1, 0.15) is 5.82 Å². The highest BCUT2D eigenvalue weighted by atomic mass is 32.1. The third-order valence-corrected chi connectivity index (χ3v) is 5.71. The minimum absolute atomic E-state index is 0.139. The van der Waals surface area contributed by atoms with Gasteiger partial charge in [-0.15, -0.1) is 11.3 Å². The van der Waals surface area contributed by atoms with Crippen LogP contribution in [0.4, 0.5) is 5.69 Å². The molecule has 138 valence electrons. The maximum absolute atomic E-state index is 12.7. The number of thiophene rings is 1. The van der Waals surface area contributed by atoms with E-state index in [2.05, 4.69) is 45.2 Å². The van der Waals surface area contributed by atoms with Crippen molar-refractivity contribution in [1.82, 2.24) is 9.97 Å². The predicted octanol–water partition coefficient (Wildman–Crippen LogP) is 5.03. The minimum Gasteiger partial charge on any atom is -0.464 e. The number of aromatic nitrogens is 2. The standard InChI is InChI=1S/C22H17N3O2S/c1-25(16-9-8-14-5-2-3-6-15(14)11-16)12-19-23-21(26)20-17(13-28-22(20)24-19)18-7-4-10-27-18/h2-11,13H,12H2,1H3,(H,23,24,26). The molecule has 0 aliphatic heterocycles. The zero-order chi connectivity index (χ0) is 19.1. The van der Waals surface area contributed by atoms with Gasteiger partial charge in [0.15, 0.2) is 0 Å². The van der Waals surface area contributed by atoms with E-state index >= 15 is 0 Å². The number of anilines is 1. The molecule has 2 aromatic carbocycles. The maximum atomic E-state index is 12.7. The summed E-state index contributed by atoms with van der Waals surface area (Å²) in [6.07, 6.45) is 1.60. The average molecular weight is 387 g/mol. The molecule has 0 saturated carbocycles. The number of rotatable bonds is 4. The Balaban J connectivity index is 1.48. The molecule has 1 N–H and O–H groups in total. The molecule has 0 atom stereocenters. The lowest BCUT2D eigenvalue weighted by Gasteiger charge is -2.19. The number of furan rings is 1. The molecule has 5 aromatic rings. The van der Waals surface area contributed by atoms with Gasteiger partial charge in [-0.2, -0.15) is 0 Å². The first-order chi connectivity index (χ1) is 13.7. The van der Waals surface area contributed by atoms with Gasteiger partial charge in [0.2, 0.25) is 0 Å². The molecule has 6 heteroatoms. The van der Waals surface area contributed by atoms with Crippen LogP contribution in [0.15, 0.2) is 75.5 Å². The van der Waals surface area contributed by atoms with Crippen molar-refractivity contribution >= 4 is 38.0 Å². The van der Waals surface area contributed by atoms with Gasteiger partial charge in [0, 0.05) is 23.7 Å². The number of nitrogens with one attached hydrogen (secondary N) is 1. The highest BCUT2D eigenvalue weighted by Gasteiger charge is 2.15. The average Bonchev–Trinajstić information content (AvgIpc) is 3.37. The van der Waals surface area contributed by atoms with Crippen LogP contribution in [0.5, 0.6) is 0 Å². The monoisotopic (exact) mass is 387 g/mol. The van der Waals surface area contributed by atoms with Crippen molar-refractivity contribution in [2.75, 3.05) is 11.9 Å². The zero-order valence-electron chi connectivity index (χ0n) is 15.2. The molecule has 0 aliphatic rings. The van der Waals surface area contributed by atoms with Gasteiger partial charge in [-0.3, -0.25) is 4.79 Å². The molecule has 5 rings (SSSR count). The van der Waals surface area contributed by atoms with Crippen molar-refractivity contribution in [3.8, 4) is 11.3 Å². The SMILES string of the molecule is CN(Cc1nc2scc(-c3ccco3)c2c(=O)[nH]1)c1ccc2ccccc2c1. The molecule has 0 aliphatic carbocycles. The first kappa shape index (κ1) is 16.8. The molecule has 28 heavy (non-hydrogen) atoms. The number of hydrogen-bond acceptors (Lipinski definition) is 5. The summed E-state index contributed by atoms with van der Waals surface area (Å²) in [7, 11) is 2.00. The van der Waals surface area contributed by atoms with E-state index in [1.54, 1.807) is 6.26 Å². The summed E-state index contributed by atoms with van der Waals surface area (Å²) in [5.74, 6) is 1.32. The lowest BCUT2D eigenvalue weighted by atomic mass is 10.1. The molecule has 0 spiro atoms. The quantitative estimate of drug-likeness (QED) is 0.470. The number of hydrogen-bond donors (Lipinski definition) is 1. The summed E-state index contributed by atoms with van der Waals surface area (Å²) in [6.45, 7) is 0.511. The second-order valence-corrected chi connectivity index (χ2v) is 7.57.